The van der Waals surface area contributed by atoms with Gasteiger partial charge in [-0.1, -0.05) is 25.1 Å². The summed E-state index contributed by atoms with van der Waals surface area (Å²) in [6.07, 6.45) is 2.85. The predicted octanol–water partition coefficient (Wildman–Crippen LogP) is 2.83. The Morgan fingerprint density at radius 2 is 2.14 bits per heavy atom. The van der Waals surface area contributed by atoms with E-state index in [9.17, 15) is 5.11 Å². The molecule has 2 unspecified atom stereocenters. The number of hydrogen-bond acceptors (Lipinski definition) is 3. The van der Waals surface area contributed by atoms with Gasteiger partial charge in [0.25, 0.3) is 0 Å². The van der Waals surface area contributed by atoms with E-state index < -0.39 is 5.60 Å². The maximum absolute atomic E-state index is 11.0. The van der Waals surface area contributed by atoms with Crippen molar-refractivity contribution in [2.45, 2.75) is 50.7 Å². The smallest absolute Gasteiger partial charge is 0.0753 e. The summed E-state index contributed by atoms with van der Waals surface area (Å²) in [7, 11) is 1.95. The van der Waals surface area contributed by atoms with Crippen LogP contribution in [0, 0.1) is 0 Å². The standard InChI is InChI=1S/C17H24N2O2/c1-4-16(2)12-17(20,9-10-21-16)11-14-13-7-5-6-8-15(13)19(3)18-14/h5-8,20H,4,9-12H2,1-3H3. The summed E-state index contributed by atoms with van der Waals surface area (Å²) in [6, 6.07) is 8.19. The van der Waals surface area contributed by atoms with Gasteiger partial charge in [-0.3, -0.25) is 4.68 Å². The number of hydrogen-bond donors (Lipinski definition) is 1. The van der Waals surface area contributed by atoms with E-state index in [1.165, 1.54) is 0 Å². The van der Waals surface area contributed by atoms with E-state index in [1.54, 1.807) is 0 Å². The maximum Gasteiger partial charge on any atom is 0.0753 e. The van der Waals surface area contributed by atoms with Gasteiger partial charge in [0, 0.05) is 31.7 Å². The van der Waals surface area contributed by atoms with Crippen molar-refractivity contribution in [2.24, 2.45) is 7.05 Å². The molecule has 3 rings (SSSR count). The molecule has 2 aromatic rings. The molecule has 1 aliphatic rings. The average molecular weight is 288 g/mol. The highest BCUT2D eigenvalue weighted by atomic mass is 16.5. The molecule has 0 amide bonds. The van der Waals surface area contributed by atoms with E-state index in [2.05, 4.69) is 31.1 Å². The summed E-state index contributed by atoms with van der Waals surface area (Å²) in [5.74, 6) is 0. The van der Waals surface area contributed by atoms with Gasteiger partial charge in [0.1, 0.15) is 0 Å². The number of rotatable bonds is 3. The third-order valence-corrected chi connectivity index (χ3v) is 4.80. The first-order valence-electron chi connectivity index (χ1n) is 7.72. The van der Waals surface area contributed by atoms with Gasteiger partial charge in [-0.25, -0.2) is 0 Å². The summed E-state index contributed by atoms with van der Waals surface area (Å²) in [4.78, 5) is 0. The second-order valence-electron chi connectivity index (χ2n) is 6.57. The summed E-state index contributed by atoms with van der Waals surface area (Å²) >= 11 is 0. The summed E-state index contributed by atoms with van der Waals surface area (Å²) in [5, 5.41) is 16.8. The van der Waals surface area contributed by atoms with Crippen LogP contribution in [0.1, 0.15) is 38.8 Å². The summed E-state index contributed by atoms with van der Waals surface area (Å²) in [6.45, 7) is 4.82. The van der Waals surface area contributed by atoms with Gasteiger partial charge in [-0.2, -0.15) is 5.10 Å². The largest absolute Gasteiger partial charge is 0.389 e. The van der Waals surface area contributed by atoms with Crippen LogP contribution >= 0.6 is 0 Å². The third kappa shape index (κ3) is 2.70. The molecule has 1 aromatic carbocycles. The molecule has 114 valence electrons. The molecule has 21 heavy (non-hydrogen) atoms. The number of aromatic nitrogens is 2. The van der Waals surface area contributed by atoms with Gasteiger partial charge in [0.2, 0.25) is 0 Å². The zero-order valence-electron chi connectivity index (χ0n) is 13.1. The van der Waals surface area contributed by atoms with Gasteiger partial charge < -0.3 is 9.84 Å². The van der Waals surface area contributed by atoms with Crippen LogP contribution in [0.5, 0.6) is 0 Å². The number of aryl methyl sites for hydroxylation is 1. The van der Waals surface area contributed by atoms with E-state index >= 15 is 0 Å². The molecule has 2 atom stereocenters. The third-order valence-electron chi connectivity index (χ3n) is 4.80. The lowest BCUT2D eigenvalue weighted by molar-refractivity contribution is -0.153. The molecule has 0 radical (unpaired) electrons. The monoisotopic (exact) mass is 288 g/mol. The minimum atomic E-state index is -0.722. The molecule has 4 heteroatoms. The molecule has 1 aliphatic heterocycles. The molecule has 1 saturated heterocycles. The molecular formula is C17H24N2O2. The van der Waals surface area contributed by atoms with Crippen LogP contribution in [-0.2, 0) is 18.2 Å². The van der Waals surface area contributed by atoms with Crippen LogP contribution in [-0.4, -0.2) is 32.7 Å². The van der Waals surface area contributed by atoms with Crippen molar-refractivity contribution in [3.05, 3.63) is 30.0 Å². The van der Waals surface area contributed by atoms with Gasteiger partial charge >= 0.3 is 0 Å². The first-order chi connectivity index (χ1) is 9.95. The number of nitrogens with zero attached hydrogens (tertiary/aromatic N) is 2. The van der Waals surface area contributed by atoms with Crippen molar-refractivity contribution >= 4 is 10.9 Å². The van der Waals surface area contributed by atoms with E-state index in [1.807, 2.05) is 23.9 Å². The van der Waals surface area contributed by atoms with Gasteiger partial charge in [0.15, 0.2) is 0 Å². The molecule has 0 bridgehead atoms. The second-order valence-corrected chi connectivity index (χ2v) is 6.57. The highest BCUT2D eigenvalue weighted by molar-refractivity contribution is 5.81. The van der Waals surface area contributed by atoms with Crippen molar-refractivity contribution in [1.82, 2.24) is 9.78 Å². The van der Waals surface area contributed by atoms with Crippen molar-refractivity contribution in [3.8, 4) is 0 Å². The first kappa shape index (κ1) is 14.5. The van der Waals surface area contributed by atoms with Gasteiger partial charge in [0.05, 0.1) is 29.0 Å². The number of aliphatic hydroxyl groups is 1. The van der Waals surface area contributed by atoms with Crippen molar-refractivity contribution in [1.29, 1.82) is 0 Å². The fourth-order valence-electron chi connectivity index (χ4n) is 3.43. The Kier molecular flexibility index (Phi) is 3.54. The Morgan fingerprint density at radius 1 is 1.38 bits per heavy atom. The lowest BCUT2D eigenvalue weighted by Gasteiger charge is -2.43. The van der Waals surface area contributed by atoms with E-state index in [4.69, 9.17) is 4.74 Å². The van der Waals surface area contributed by atoms with Gasteiger partial charge in [-0.05, 0) is 19.4 Å². The van der Waals surface area contributed by atoms with E-state index in [0.717, 1.165) is 23.0 Å². The van der Waals surface area contributed by atoms with Crippen LogP contribution in [0.2, 0.25) is 0 Å². The molecule has 2 heterocycles. The van der Waals surface area contributed by atoms with Crippen molar-refractivity contribution in [3.63, 3.8) is 0 Å². The van der Waals surface area contributed by atoms with Gasteiger partial charge in [-0.15, -0.1) is 0 Å². The Labute approximate surface area is 125 Å². The van der Waals surface area contributed by atoms with E-state index in [-0.39, 0.29) is 5.60 Å². The maximum atomic E-state index is 11.0. The average Bonchev–Trinajstić information content (AvgIpc) is 2.75. The topological polar surface area (TPSA) is 47.3 Å². The Hall–Kier alpha value is -1.39. The van der Waals surface area contributed by atoms with Crippen LogP contribution in [0.15, 0.2) is 24.3 Å². The molecular weight excluding hydrogens is 264 g/mol. The predicted molar refractivity (Wildman–Crippen MR) is 83.2 cm³/mol. The van der Waals surface area contributed by atoms with Crippen LogP contribution in [0.25, 0.3) is 10.9 Å². The summed E-state index contributed by atoms with van der Waals surface area (Å²) < 4.78 is 7.75. The zero-order valence-corrected chi connectivity index (χ0v) is 13.1. The second kappa shape index (κ2) is 5.11. The molecule has 0 aliphatic carbocycles. The normalized spacial score (nSPS) is 29.9. The summed E-state index contributed by atoms with van der Waals surface area (Å²) in [5.41, 5.74) is 1.15. The van der Waals surface area contributed by atoms with Crippen LogP contribution in [0.3, 0.4) is 0 Å². The minimum Gasteiger partial charge on any atom is -0.389 e. The van der Waals surface area contributed by atoms with Crippen LogP contribution in [0.4, 0.5) is 0 Å². The van der Waals surface area contributed by atoms with Crippen LogP contribution < -0.4 is 0 Å². The SMILES string of the molecule is CCC1(C)CC(O)(Cc2nn(C)c3ccccc23)CCO1. The quantitative estimate of drug-likeness (QED) is 0.944. The number of fused-ring (bicyclic) bond motifs is 1. The minimum absolute atomic E-state index is 0.225. The molecule has 1 N–H and O–H groups in total. The lowest BCUT2D eigenvalue weighted by atomic mass is 9.79. The number of para-hydroxylation sites is 1. The lowest BCUT2D eigenvalue weighted by Crippen LogP contribution is -2.48. The molecule has 4 nitrogen and oxygen atoms in total. The molecule has 1 aromatic heterocycles. The van der Waals surface area contributed by atoms with E-state index in [0.29, 0.717) is 25.9 Å². The Bertz CT molecular complexity index is 651. The van der Waals surface area contributed by atoms with Crippen molar-refractivity contribution < 1.29 is 9.84 Å². The van der Waals surface area contributed by atoms with Crippen molar-refractivity contribution in [2.75, 3.05) is 6.61 Å². The molecule has 0 spiro atoms. The zero-order chi connectivity index (χ0) is 15.1. The highest BCUT2D eigenvalue weighted by Crippen LogP contribution is 2.37. The number of ether oxygens (including phenoxy) is 1. The number of benzene rings is 1. The molecule has 1 fully saturated rings. The first-order valence-corrected chi connectivity index (χ1v) is 7.72. The fraction of sp³-hybridized carbons (Fsp3) is 0.588. The Balaban J connectivity index is 1.91. The fourth-order valence-corrected chi connectivity index (χ4v) is 3.43. The Morgan fingerprint density at radius 3 is 2.90 bits per heavy atom. The molecule has 0 saturated carbocycles. The highest BCUT2D eigenvalue weighted by Gasteiger charge is 2.41.